The van der Waals surface area contributed by atoms with Gasteiger partial charge in [-0.2, -0.15) is 0 Å². The Labute approximate surface area is 154 Å². The van der Waals surface area contributed by atoms with Crippen LogP contribution in [0.5, 0.6) is 5.75 Å². The number of nitrogens with zero attached hydrogens (tertiary/aromatic N) is 2. The maximum atomic E-state index is 12.6. The molecule has 0 saturated carbocycles. The number of anilines is 1. The van der Waals surface area contributed by atoms with E-state index in [-0.39, 0.29) is 0 Å². The molecule has 8 heteroatoms. The van der Waals surface area contributed by atoms with Gasteiger partial charge in [0.25, 0.3) is 0 Å². The average Bonchev–Trinajstić information content (AvgIpc) is 2.93. The Morgan fingerprint density at radius 3 is 2.42 bits per heavy atom. The molecule has 0 atom stereocenters. The molecule has 0 fully saturated rings. The molecular weight excluding hydrogens is 354 g/mol. The minimum absolute atomic E-state index is 0.376. The maximum absolute atomic E-state index is 12.6. The molecule has 0 bridgehead atoms. The lowest BCUT2D eigenvalue weighted by Crippen LogP contribution is -2.11. The number of ether oxygens (including phenoxy) is 2. The van der Waals surface area contributed by atoms with E-state index in [1.165, 1.54) is 18.4 Å². The van der Waals surface area contributed by atoms with Crippen molar-refractivity contribution in [2.45, 2.75) is 20.8 Å². The van der Waals surface area contributed by atoms with Crippen molar-refractivity contribution < 1.29 is 19.1 Å². The van der Waals surface area contributed by atoms with Crippen molar-refractivity contribution in [3.63, 3.8) is 0 Å². The molecule has 7 nitrogen and oxygen atoms in total. The number of amides is 1. The van der Waals surface area contributed by atoms with Crippen LogP contribution in [-0.2, 0) is 4.74 Å². The summed E-state index contributed by atoms with van der Waals surface area (Å²) in [7, 11) is 1.28. The van der Waals surface area contributed by atoms with Crippen LogP contribution in [0.4, 0.5) is 10.5 Å². The zero-order valence-electron chi connectivity index (χ0n) is 14.7. The number of fused-ring (bicyclic) bond motifs is 1. The standard InChI is InChI=1S/C18H17N3O4S/c1-9-14-10(2)19-11(3)20-16(14)26-15(9)17(22)25-13-7-5-12(6-8-13)21-18(23)24-4/h5-8H,1-4H3,(H,21,23). The van der Waals surface area contributed by atoms with Crippen molar-refractivity contribution in [1.29, 1.82) is 0 Å². The first-order valence-corrected chi connectivity index (χ1v) is 8.62. The highest BCUT2D eigenvalue weighted by Crippen LogP contribution is 2.32. The zero-order chi connectivity index (χ0) is 18.8. The summed E-state index contributed by atoms with van der Waals surface area (Å²) in [6.45, 7) is 5.59. The van der Waals surface area contributed by atoms with Crippen molar-refractivity contribution in [2.75, 3.05) is 12.4 Å². The first-order chi connectivity index (χ1) is 12.4. The van der Waals surface area contributed by atoms with Gasteiger partial charge in [-0.1, -0.05) is 0 Å². The van der Waals surface area contributed by atoms with Crippen LogP contribution in [-0.4, -0.2) is 29.1 Å². The Bertz CT molecular complexity index is 996. The predicted molar refractivity (Wildman–Crippen MR) is 99.1 cm³/mol. The highest BCUT2D eigenvalue weighted by molar-refractivity contribution is 7.20. The van der Waals surface area contributed by atoms with E-state index < -0.39 is 12.1 Å². The van der Waals surface area contributed by atoms with Crippen LogP contribution in [0.15, 0.2) is 24.3 Å². The van der Waals surface area contributed by atoms with E-state index in [1.807, 2.05) is 20.8 Å². The van der Waals surface area contributed by atoms with Crippen LogP contribution in [0.25, 0.3) is 10.2 Å². The van der Waals surface area contributed by atoms with Crippen molar-refractivity contribution in [3.8, 4) is 5.75 Å². The van der Waals surface area contributed by atoms with Crippen molar-refractivity contribution in [3.05, 3.63) is 46.2 Å². The van der Waals surface area contributed by atoms with E-state index in [1.54, 1.807) is 24.3 Å². The van der Waals surface area contributed by atoms with Gasteiger partial charge in [0.15, 0.2) is 0 Å². The Balaban J connectivity index is 1.82. The van der Waals surface area contributed by atoms with Crippen LogP contribution < -0.4 is 10.1 Å². The van der Waals surface area contributed by atoms with E-state index in [9.17, 15) is 9.59 Å². The number of hydrogen-bond donors (Lipinski definition) is 1. The first kappa shape index (κ1) is 17.8. The van der Waals surface area contributed by atoms with Crippen LogP contribution in [0, 0.1) is 20.8 Å². The summed E-state index contributed by atoms with van der Waals surface area (Å²) in [6.07, 6.45) is -0.567. The van der Waals surface area contributed by atoms with E-state index in [2.05, 4.69) is 20.0 Å². The Morgan fingerprint density at radius 2 is 1.77 bits per heavy atom. The topological polar surface area (TPSA) is 90.4 Å². The number of thiophene rings is 1. The molecule has 134 valence electrons. The second kappa shape index (κ2) is 7.09. The fourth-order valence-electron chi connectivity index (χ4n) is 2.60. The number of benzene rings is 1. The second-order valence-electron chi connectivity index (χ2n) is 5.62. The van der Waals surface area contributed by atoms with Gasteiger partial charge in [0.05, 0.1) is 7.11 Å². The molecule has 0 aliphatic heterocycles. The third kappa shape index (κ3) is 3.50. The fraction of sp³-hybridized carbons (Fsp3) is 0.222. The van der Waals surface area contributed by atoms with Crippen LogP contribution in [0.1, 0.15) is 26.8 Å². The first-order valence-electron chi connectivity index (χ1n) is 7.80. The fourth-order valence-corrected chi connectivity index (χ4v) is 3.75. The Hall–Kier alpha value is -3.00. The van der Waals surface area contributed by atoms with Crippen LogP contribution in [0.2, 0.25) is 0 Å². The molecular formula is C18H17N3O4S. The summed E-state index contributed by atoms with van der Waals surface area (Å²) in [6, 6.07) is 6.44. The number of carbonyl (C=O) groups excluding carboxylic acids is 2. The quantitative estimate of drug-likeness (QED) is 0.552. The SMILES string of the molecule is COC(=O)Nc1ccc(OC(=O)c2sc3nc(C)nc(C)c3c2C)cc1. The van der Waals surface area contributed by atoms with Crippen LogP contribution >= 0.6 is 11.3 Å². The molecule has 2 aromatic heterocycles. The predicted octanol–water partition coefficient (Wildman–Crippen LogP) is 4.01. The molecule has 3 rings (SSSR count). The molecule has 0 radical (unpaired) electrons. The number of rotatable bonds is 3. The van der Waals surface area contributed by atoms with E-state index in [4.69, 9.17) is 4.74 Å². The molecule has 1 aromatic carbocycles. The number of aryl methyl sites for hydroxylation is 3. The number of nitrogens with one attached hydrogen (secondary N) is 1. The van der Waals surface area contributed by atoms with Crippen molar-refractivity contribution >= 4 is 39.3 Å². The number of aromatic nitrogens is 2. The molecule has 0 aliphatic carbocycles. The third-order valence-electron chi connectivity index (χ3n) is 3.76. The highest BCUT2D eigenvalue weighted by Gasteiger charge is 2.20. The van der Waals surface area contributed by atoms with Gasteiger partial charge < -0.3 is 9.47 Å². The van der Waals surface area contributed by atoms with Gasteiger partial charge in [0, 0.05) is 16.8 Å². The van der Waals surface area contributed by atoms with Gasteiger partial charge >= 0.3 is 12.1 Å². The molecule has 1 amide bonds. The Kier molecular flexibility index (Phi) is 4.85. The molecule has 0 unspecified atom stereocenters. The second-order valence-corrected chi connectivity index (χ2v) is 6.62. The summed E-state index contributed by atoms with van der Waals surface area (Å²) in [4.78, 5) is 33.8. The number of carbonyl (C=O) groups is 2. The Morgan fingerprint density at radius 1 is 1.08 bits per heavy atom. The van der Waals surface area contributed by atoms with E-state index in [0.717, 1.165) is 21.5 Å². The lowest BCUT2D eigenvalue weighted by molar-refractivity contribution is 0.0739. The van der Waals surface area contributed by atoms with Crippen molar-refractivity contribution in [2.24, 2.45) is 0 Å². The summed E-state index contributed by atoms with van der Waals surface area (Å²) in [5.74, 6) is 0.599. The summed E-state index contributed by atoms with van der Waals surface area (Å²) < 4.78 is 9.97. The lowest BCUT2D eigenvalue weighted by Gasteiger charge is -2.06. The van der Waals surface area contributed by atoms with Crippen LogP contribution in [0.3, 0.4) is 0 Å². The number of methoxy groups -OCH3 is 1. The molecule has 3 aromatic rings. The third-order valence-corrected chi connectivity index (χ3v) is 4.93. The largest absolute Gasteiger partial charge is 0.453 e. The van der Waals surface area contributed by atoms with Gasteiger partial charge in [-0.05, 0) is 50.6 Å². The molecule has 0 saturated heterocycles. The van der Waals surface area contributed by atoms with Gasteiger partial charge in [-0.25, -0.2) is 19.6 Å². The van der Waals surface area contributed by atoms with Gasteiger partial charge in [0.2, 0.25) is 0 Å². The summed E-state index contributed by atoms with van der Waals surface area (Å²) in [5.41, 5.74) is 2.20. The molecule has 26 heavy (non-hydrogen) atoms. The molecule has 2 heterocycles. The normalized spacial score (nSPS) is 10.6. The zero-order valence-corrected chi connectivity index (χ0v) is 15.6. The maximum Gasteiger partial charge on any atom is 0.411 e. The molecule has 1 N–H and O–H groups in total. The van der Waals surface area contributed by atoms with E-state index in [0.29, 0.717) is 22.1 Å². The smallest absolute Gasteiger partial charge is 0.411 e. The van der Waals surface area contributed by atoms with Crippen molar-refractivity contribution in [1.82, 2.24) is 9.97 Å². The molecule has 0 aliphatic rings. The lowest BCUT2D eigenvalue weighted by atomic mass is 10.1. The minimum Gasteiger partial charge on any atom is -0.453 e. The monoisotopic (exact) mass is 371 g/mol. The average molecular weight is 371 g/mol. The summed E-state index contributed by atoms with van der Waals surface area (Å²) >= 11 is 1.29. The number of hydrogen-bond acceptors (Lipinski definition) is 7. The summed E-state index contributed by atoms with van der Waals surface area (Å²) in [5, 5.41) is 3.42. The highest BCUT2D eigenvalue weighted by atomic mass is 32.1. The van der Waals surface area contributed by atoms with Gasteiger partial charge in [-0.15, -0.1) is 11.3 Å². The number of esters is 1. The van der Waals surface area contributed by atoms with Gasteiger partial charge in [0.1, 0.15) is 21.3 Å². The minimum atomic E-state index is -0.567. The van der Waals surface area contributed by atoms with E-state index >= 15 is 0 Å². The van der Waals surface area contributed by atoms with Gasteiger partial charge in [-0.3, -0.25) is 5.32 Å². The molecule has 0 spiro atoms.